The van der Waals surface area contributed by atoms with Crippen LogP contribution in [0, 0.1) is 0 Å². The second-order valence-corrected chi connectivity index (χ2v) is 5.73. The molecule has 0 aliphatic carbocycles. The van der Waals surface area contributed by atoms with Gasteiger partial charge >= 0.3 is 17.1 Å². The quantitative estimate of drug-likeness (QED) is 0.825. The van der Waals surface area contributed by atoms with E-state index in [1.165, 1.54) is 22.8 Å². The van der Waals surface area contributed by atoms with Gasteiger partial charge in [0.05, 0.1) is 16.6 Å². The van der Waals surface area contributed by atoms with E-state index in [-0.39, 0.29) is 10.8 Å². The molecule has 0 aliphatic rings. The predicted octanol–water partition coefficient (Wildman–Crippen LogP) is 1.14. The molecule has 0 saturated heterocycles. The lowest BCUT2D eigenvalue weighted by Gasteiger charge is -2.13. The molecule has 20 heavy (non-hydrogen) atoms. The number of hydrogen-bond acceptors (Lipinski definition) is 4. The zero-order valence-corrected chi connectivity index (χ0v) is 11.9. The second-order valence-electron chi connectivity index (χ2n) is 4.45. The van der Waals surface area contributed by atoms with E-state index in [9.17, 15) is 14.4 Å². The van der Waals surface area contributed by atoms with Crippen molar-refractivity contribution in [3.63, 3.8) is 0 Å². The van der Waals surface area contributed by atoms with Crippen molar-refractivity contribution in [3.8, 4) is 0 Å². The van der Waals surface area contributed by atoms with E-state index in [1.54, 1.807) is 11.8 Å². The third kappa shape index (κ3) is 2.62. The van der Waals surface area contributed by atoms with Crippen molar-refractivity contribution in [1.82, 2.24) is 9.55 Å². The van der Waals surface area contributed by atoms with Crippen LogP contribution in [0.15, 0.2) is 27.8 Å². The SMILES string of the molecule is CSC(C)Cn1c(=O)c(=O)[nH]c2ccc(C(=O)O)cc21. The fourth-order valence-corrected chi connectivity index (χ4v) is 2.21. The third-order valence-electron chi connectivity index (χ3n) is 3.07. The second kappa shape index (κ2) is 5.54. The number of nitrogens with one attached hydrogen (secondary N) is 1. The Hall–Kier alpha value is -2.02. The number of nitrogens with zero attached hydrogens (tertiary/aromatic N) is 1. The van der Waals surface area contributed by atoms with E-state index < -0.39 is 17.1 Å². The Labute approximate surface area is 118 Å². The maximum atomic E-state index is 12.0. The molecular formula is C13H14N2O4S. The van der Waals surface area contributed by atoms with Crippen molar-refractivity contribution < 1.29 is 9.90 Å². The van der Waals surface area contributed by atoms with Gasteiger partial charge in [0.2, 0.25) is 0 Å². The van der Waals surface area contributed by atoms with Crippen molar-refractivity contribution in [1.29, 1.82) is 0 Å². The topological polar surface area (TPSA) is 92.2 Å². The summed E-state index contributed by atoms with van der Waals surface area (Å²) >= 11 is 1.56. The van der Waals surface area contributed by atoms with Crippen molar-refractivity contribution >= 4 is 28.8 Å². The van der Waals surface area contributed by atoms with Gasteiger partial charge in [-0.25, -0.2) is 4.79 Å². The molecule has 0 radical (unpaired) electrons. The van der Waals surface area contributed by atoms with E-state index in [4.69, 9.17) is 5.11 Å². The minimum atomic E-state index is -1.07. The molecule has 1 atom stereocenters. The Balaban J connectivity index is 2.76. The van der Waals surface area contributed by atoms with Crippen LogP contribution in [0.5, 0.6) is 0 Å². The molecule has 1 heterocycles. The van der Waals surface area contributed by atoms with Crippen LogP contribution >= 0.6 is 11.8 Å². The summed E-state index contributed by atoms with van der Waals surface area (Å²) in [7, 11) is 0. The highest BCUT2D eigenvalue weighted by atomic mass is 32.2. The first kappa shape index (κ1) is 14.4. The molecule has 0 saturated carbocycles. The largest absolute Gasteiger partial charge is 0.478 e. The average Bonchev–Trinajstić information content (AvgIpc) is 2.43. The molecule has 1 unspecified atom stereocenters. The number of thioether (sulfide) groups is 1. The summed E-state index contributed by atoms with van der Waals surface area (Å²) in [6, 6.07) is 4.30. The fourth-order valence-electron chi connectivity index (χ4n) is 1.91. The van der Waals surface area contributed by atoms with Gasteiger partial charge in [-0.15, -0.1) is 0 Å². The highest BCUT2D eigenvalue weighted by Crippen LogP contribution is 2.14. The van der Waals surface area contributed by atoms with Crippen LogP contribution in [0.25, 0.3) is 11.0 Å². The molecule has 0 fully saturated rings. The van der Waals surface area contributed by atoms with Crippen LogP contribution in [-0.4, -0.2) is 32.1 Å². The summed E-state index contributed by atoms with van der Waals surface area (Å²) in [4.78, 5) is 37.1. The van der Waals surface area contributed by atoms with Crippen LogP contribution in [0.4, 0.5) is 0 Å². The number of carboxylic acids is 1. The molecule has 1 aromatic carbocycles. The van der Waals surface area contributed by atoms with Gasteiger partial charge in [-0.3, -0.25) is 9.59 Å². The molecular weight excluding hydrogens is 280 g/mol. The third-order valence-corrected chi connectivity index (χ3v) is 4.02. The van der Waals surface area contributed by atoms with E-state index in [0.717, 1.165) is 0 Å². The number of aromatic carboxylic acids is 1. The van der Waals surface area contributed by atoms with Gasteiger partial charge < -0.3 is 14.7 Å². The molecule has 1 aromatic heterocycles. The van der Waals surface area contributed by atoms with Gasteiger partial charge in [0.1, 0.15) is 0 Å². The first-order valence-corrected chi connectivity index (χ1v) is 7.25. The molecule has 6 nitrogen and oxygen atoms in total. The number of H-pyrrole nitrogens is 1. The summed E-state index contributed by atoms with van der Waals surface area (Å²) in [6.45, 7) is 2.29. The first-order chi connectivity index (χ1) is 9.43. The highest BCUT2D eigenvalue weighted by Gasteiger charge is 2.12. The minimum absolute atomic E-state index is 0.0782. The number of fused-ring (bicyclic) bond motifs is 1. The van der Waals surface area contributed by atoms with Crippen LogP contribution < -0.4 is 11.1 Å². The monoisotopic (exact) mass is 294 g/mol. The Bertz CT molecular complexity index is 778. The molecule has 2 aromatic rings. The number of aromatic amines is 1. The van der Waals surface area contributed by atoms with Crippen LogP contribution in [-0.2, 0) is 6.54 Å². The van der Waals surface area contributed by atoms with Crippen LogP contribution in [0.2, 0.25) is 0 Å². The summed E-state index contributed by atoms with van der Waals surface area (Å²) in [5.41, 5.74) is -0.410. The number of carboxylic acid groups (broad SMARTS) is 1. The van der Waals surface area contributed by atoms with Gasteiger partial charge in [0.15, 0.2) is 0 Å². The maximum Gasteiger partial charge on any atom is 0.335 e. The lowest BCUT2D eigenvalue weighted by molar-refractivity contribution is 0.0697. The van der Waals surface area contributed by atoms with Crippen molar-refractivity contribution in [3.05, 3.63) is 44.5 Å². The van der Waals surface area contributed by atoms with E-state index in [0.29, 0.717) is 17.6 Å². The lowest BCUT2D eigenvalue weighted by Crippen LogP contribution is -2.37. The smallest absolute Gasteiger partial charge is 0.335 e. The summed E-state index contributed by atoms with van der Waals surface area (Å²) in [5, 5.41) is 9.15. The van der Waals surface area contributed by atoms with Crippen molar-refractivity contribution in [2.75, 3.05) is 6.26 Å². The van der Waals surface area contributed by atoms with Gasteiger partial charge in [-0.05, 0) is 24.5 Å². The molecule has 0 amide bonds. The molecule has 106 valence electrons. The number of benzene rings is 1. The van der Waals surface area contributed by atoms with Gasteiger partial charge in [0.25, 0.3) is 0 Å². The predicted molar refractivity (Wildman–Crippen MR) is 78.8 cm³/mol. The lowest BCUT2D eigenvalue weighted by atomic mass is 10.2. The molecule has 7 heteroatoms. The standard InChI is InChI=1S/C13H14N2O4S/c1-7(20-2)6-15-10-5-8(13(18)19)3-4-9(10)14-11(16)12(15)17/h3-5,7H,6H2,1-2H3,(H,14,16)(H,18,19). The maximum absolute atomic E-state index is 12.0. The zero-order valence-electron chi connectivity index (χ0n) is 11.0. The molecule has 2 N–H and O–H groups in total. The molecule has 0 spiro atoms. The Kier molecular flexibility index (Phi) is 3.99. The zero-order chi connectivity index (χ0) is 14.9. The minimum Gasteiger partial charge on any atom is -0.478 e. The Morgan fingerprint density at radius 2 is 2.15 bits per heavy atom. The van der Waals surface area contributed by atoms with E-state index >= 15 is 0 Å². The highest BCUT2D eigenvalue weighted by molar-refractivity contribution is 7.99. The van der Waals surface area contributed by atoms with Crippen molar-refractivity contribution in [2.45, 2.75) is 18.7 Å². The molecule has 2 rings (SSSR count). The number of aromatic nitrogens is 2. The number of carbonyl (C=O) groups is 1. The Morgan fingerprint density at radius 3 is 2.75 bits per heavy atom. The van der Waals surface area contributed by atoms with Gasteiger partial charge in [-0.1, -0.05) is 6.92 Å². The normalized spacial score (nSPS) is 12.5. The number of hydrogen-bond donors (Lipinski definition) is 2. The van der Waals surface area contributed by atoms with E-state index in [2.05, 4.69) is 4.98 Å². The van der Waals surface area contributed by atoms with E-state index in [1.807, 2.05) is 13.2 Å². The first-order valence-electron chi connectivity index (χ1n) is 5.97. The summed E-state index contributed by atoms with van der Waals surface area (Å²) < 4.78 is 1.34. The molecule has 0 aliphatic heterocycles. The Morgan fingerprint density at radius 1 is 1.45 bits per heavy atom. The summed E-state index contributed by atoms with van der Waals surface area (Å²) in [6.07, 6.45) is 1.91. The number of rotatable bonds is 4. The molecule has 0 bridgehead atoms. The fraction of sp³-hybridized carbons (Fsp3) is 0.308. The summed E-state index contributed by atoms with van der Waals surface area (Å²) in [5.74, 6) is -1.07. The van der Waals surface area contributed by atoms with Crippen molar-refractivity contribution in [2.24, 2.45) is 0 Å². The van der Waals surface area contributed by atoms with Crippen LogP contribution in [0.3, 0.4) is 0 Å². The van der Waals surface area contributed by atoms with Crippen LogP contribution in [0.1, 0.15) is 17.3 Å². The van der Waals surface area contributed by atoms with Gasteiger partial charge in [0, 0.05) is 11.8 Å². The average molecular weight is 294 g/mol. The van der Waals surface area contributed by atoms with Gasteiger partial charge in [-0.2, -0.15) is 11.8 Å².